The number of amides is 2. The molecule has 3 heterocycles. The zero-order chi connectivity index (χ0) is 25.9. The molecule has 0 spiro atoms. The predicted molar refractivity (Wildman–Crippen MR) is 146 cm³/mol. The van der Waals surface area contributed by atoms with Gasteiger partial charge in [0.2, 0.25) is 5.91 Å². The van der Waals surface area contributed by atoms with Gasteiger partial charge in [-0.1, -0.05) is 57.5 Å². The van der Waals surface area contributed by atoms with E-state index in [1.54, 1.807) is 18.2 Å². The number of benzene rings is 2. The maximum atomic E-state index is 12.9. The standard InChI is InChI=1S/C26H20BrN3O5S2/c27-17-9-6-15(7-10-17)20-12-18(35-29-20)11-8-16-13-37-25-22(24(32)30(25)23(16)26(33)34)28-21(31)14-36-19-4-2-1-3-5-19/h1-12,22,25H,13-14H2,(H,28,31)(H,33,34)/b11-8+/t22-,25?/m1/s1. The Morgan fingerprint density at radius 3 is 2.68 bits per heavy atom. The molecular formula is C26H20BrN3O5S2. The smallest absolute Gasteiger partial charge is 0.352 e. The van der Waals surface area contributed by atoms with E-state index in [1.165, 1.54) is 28.4 Å². The molecule has 8 nitrogen and oxygen atoms in total. The van der Waals surface area contributed by atoms with E-state index in [1.807, 2.05) is 54.6 Å². The van der Waals surface area contributed by atoms with Crippen LogP contribution in [0.3, 0.4) is 0 Å². The second kappa shape index (κ2) is 11.0. The molecule has 1 aromatic heterocycles. The lowest BCUT2D eigenvalue weighted by Crippen LogP contribution is -2.70. The minimum atomic E-state index is -1.20. The first-order chi connectivity index (χ1) is 17.9. The molecule has 2 aromatic carbocycles. The van der Waals surface area contributed by atoms with Gasteiger partial charge in [0, 0.05) is 26.8 Å². The lowest BCUT2D eigenvalue weighted by atomic mass is 10.0. The Hall–Kier alpha value is -3.28. The third-order valence-corrected chi connectivity index (χ3v) is 8.59. The Balaban J connectivity index is 1.26. The number of carbonyl (C=O) groups excluding carboxylic acids is 2. The summed E-state index contributed by atoms with van der Waals surface area (Å²) in [7, 11) is 0. The topological polar surface area (TPSA) is 113 Å². The molecule has 3 aromatic rings. The monoisotopic (exact) mass is 597 g/mol. The number of allylic oxidation sites excluding steroid dienone is 1. The second-order valence-electron chi connectivity index (χ2n) is 8.19. The fourth-order valence-corrected chi connectivity index (χ4v) is 6.27. The molecule has 0 bridgehead atoms. The van der Waals surface area contributed by atoms with E-state index < -0.39 is 23.3 Å². The van der Waals surface area contributed by atoms with E-state index in [2.05, 4.69) is 26.4 Å². The van der Waals surface area contributed by atoms with Crippen LogP contribution in [0.5, 0.6) is 0 Å². The summed E-state index contributed by atoms with van der Waals surface area (Å²) < 4.78 is 6.33. The summed E-state index contributed by atoms with van der Waals surface area (Å²) in [6.07, 6.45) is 3.27. The Kier molecular flexibility index (Phi) is 7.54. The largest absolute Gasteiger partial charge is 0.477 e. The molecule has 188 valence electrons. The molecule has 1 unspecified atom stereocenters. The molecule has 2 N–H and O–H groups in total. The van der Waals surface area contributed by atoms with Crippen molar-refractivity contribution in [1.82, 2.24) is 15.4 Å². The van der Waals surface area contributed by atoms with Crippen LogP contribution in [0.25, 0.3) is 17.3 Å². The maximum Gasteiger partial charge on any atom is 0.352 e. The van der Waals surface area contributed by atoms with E-state index in [0.29, 0.717) is 22.8 Å². The molecule has 2 atom stereocenters. The van der Waals surface area contributed by atoms with Gasteiger partial charge in [0.25, 0.3) is 5.91 Å². The van der Waals surface area contributed by atoms with Crippen LogP contribution in [0, 0.1) is 0 Å². The highest BCUT2D eigenvalue weighted by atomic mass is 79.9. The van der Waals surface area contributed by atoms with Gasteiger partial charge in [-0.25, -0.2) is 4.79 Å². The van der Waals surface area contributed by atoms with Crippen molar-refractivity contribution in [2.45, 2.75) is 16.3 Å². The fraction of sp³-hybridized carbons (Fsp3) is 0.154. The number of hydrogen-bond donors (Lipinski definition) is 2. The molecule has 5 rings (SSSR count). The number of halogens is 1. The number of aliphatic carboxylic acids is 1. The average Bonchev–Trinajstić information content (AvgIpc) is 3.38. The van der Waals surface area contributed by atoms with Crippen LogP contribution in [0.2, 0.25) is 0 Å². The van der Waals surface area contributed by atoms with Crippen LogP contribution in [-0.4, -0.2) is 55.9 Å². The number of aromatic nitrogens is 1. The van der Waals surface area contributed by atoms with E-state index in [4.69, 9.17) is 4.52 Å². The SMILES string of the molecule is O=C(CSc1ccccc1)N[C@@H]1C(=O)N2C(C(=O)O)=C(/C=C/c3cc(-c4ccc(Br)cc4)no3)CSC12. The van der Waals surface area contributed by atoms with E-state index >= 15 is 0 Å². The number of hydrogen-bond acceptors (Lipinski definition) is 7. The van der Waals surface area contributed by atoms with Crippen molar-refractivity contribution < 1.29 is 24.0 Å². The van der Waals surface area contributed by atoms with Crippen LogP contribution in [0.15, 0.2) is 91.9 Å². The first kappa shape index (κ1) is 25.4. The zero-order valence-corrected chi connectivity index (χ0v) is 22.4. The number of nitrogens with one attached hydrogen (secondary N) is 1. The third kappa shape index (κ3) is 5.53. The number of fused-ring (bicyclic) bond motifs is 1. The van der Waals surface area contributed by atoms with Crippen LogP contribution < -0.4 is 5.32 Å². The molecule has 1 fully saturated rings. The summed E-state index contributed by atoms with van der Waals surface area (Å²) >= 11 is 6.18. The third-order valence-electron chi connectivity index (χ3n) is 5.75. The molecular weight excluding hydrogens is 578 g/mol. The van der Waals surface area contributed by atoms with Gasteiger partial charge in [0.15, 0.2) is 5.76 Å². The number of carboxylic acids is 1. The number of carboxylic acid groups (broad SMARTS) is 1. The van der Waals surface area contributed by atoms with E-state index in [0.717, 1.165) is 14.9 Å². The van der Waals surface area contributed by atoms with Crippen LogP contribution in [0.1, 0.15) is 5.76 Å². The number of carbonyl (C=O) groups is 3. The van der Waals surface area contributed by atoms with Crippen LogP contribution in [0.4, 0.5) is 0 Å². The highest BCUT2D eigenvalue weighted by molar-refractivity contribution is 9.10. The van der Waals surface area contributed by atoms with Gasteiger partial charge in [0.05, 0.1) is 5.75 Å². The Bertz CT molecular complexity index is 1410. The summed E-state index contributed by atoms with van der Waals surface area (Å²) in [5, 5.41) is 16.2. The Morgan fingerprint density at radius 2 is 1.95 bits per heavy atom. The first-order valence-corrected chi connectivity index (χ1v) is 14.0. The molecule has 0 aliphatic carbocycles. The van der Waals surface area contributed by atoms with Gasteiger partial charge in [-0.05, 0) is 35.9 Å². The van der Waals surface area contributed by atoms with Gasteiger partial charge >= 0.3 is 5.97 Å². The lowest BCUT2D eigenvalue weighted by molar-refractivity contribution is -0.150. The number of thioether (sulfide) groups is 2. The van der Waals surface area contributed by atoms with Gasteiger partial charge in [-0.15, -0.1) is 23.5 Å². The molecule has 0 radical (unpaired) electrons. The molecule has 1 saturated heterocycles. The van der Waals surface area contributed by atoms with Crippen molar-refractivity contribution >= 4 is 63.3 Å². The Morgan fingerprint density at radius 1 is 1.19 bits per heavy atom. The first-order valence-electron chi connectivity index (χ1n) is 11.2. The molecule has 0 saturated carbocycles. The second-order valence-corrected chi connectivity index (χ2v) is 11.3. The summed E-state index contributed by atoms with van der Waals surface area (Å²) in [5.41, 5.74) is 1.93. The molecule has 2 aliphatic heterocycles. The summed E-state index contributed by atoms with van der Waals surface area (Å²) in [4.78, 5) is 39.6. The quantitative estimate of drug-likeness (QED) is 0.285. The summed E-state index contributed by atoms with van der Waals surface area (Å²) in [5.74, 6) is -0.915. The molecule has 2 aliphatic rings. The molecule has 37 heavy (non-hydrogen) atoms. The van der Waals surface area contributed by atoms with Crippen molar-refractivity contribution in [3.8, 4) is 11.3 Å². The van der Waals surface area contributed by atoms with Crippen LogP contribution in [-0.2, 0) is 14.4 Å². The van der Waals surface area contributed by atoms with Crippen molar-refractivity contribution in [1.29, 1.82) is 0 Å². The minimum Gasteiger partial charge on any atom is -0.477 e. The summed E-state index contributed by atoms with van der Waals surface area (Å²) in [6, 6.07) is 18.1. The fourth-order valence-electron chi connectivity index (χ4n) is 3.96. The maximum absolute atomic E-state index is 12.9. The number of β-lactam (4-membered cyclic amide) rings is 1. The van der Waals surface area contributed by atoms with Gasteiger partial charge in [-0.2, -0.15) is 0 Å². The lowest BCUT2D eigenvalue weighted by Gasteiger charge is -2.49. The van der Waals surface area contributed by atoms with Gasteiger partial charge in [0.1, 0.15) is 22.8 Å². The van der Waals surface area contributed by atoms with Gasteiger partial charge < -0.3 is 14.9 Å². The van der Waals surface area contributed by atoms with Gasteiger partial charge in [-0.3, -0.25) is 14.5 Å². The zero-order valence-electron chi connectivity index (χ0n) is 19.2. The average molecular weight is 599 g/mol. The van der Waals surface area contributed by atoms with E-state index in [-0.39, 0.29) is 17.4 Å². The van der Waals surface area contributed by atoms with E-state index in [9.17, 15) is 19.5 Å². The van der Waals surface area contributed by atoms with Crippen molar-refractivity contribution in [2.75, 3.05) is 11.5 Å². The number of nitrogens with zero attached hydrogens (tertiary/aromatic N) is 2. The number of rotatable bonds is 8. The minimum absolute atomic E-state index is 0.0817. The van der Waals surface area contributed by atoms with Crippen molar-refractivity contribution in [3.63, 3.8) is 0 Å². The molecule has 11 heteroatoms. The Labute approximate surface area is 229 Å². The molecule has 2 amide bonds. The highest BCUT2D eigenvalue weighted by Crippen LogP contribution is 2.41. The summed E-state index contributed by atoms with van der Waals surface area (Å²) in [6.45, 7) is 0. The predicted octanol–water partition coefficient (Wildman–Crippen LogP) is 4.65. The van der Waals surface area contributed by atoms with Crippen LogP contribution >= 0.6 is 39.5 Å². The van der Waals surface area contributed by atoms with Crippen molar-refractivity contribution in [2.24, 2.45) is 0 Å². The normalized spacial score (nSPS) is 19.1. The van der Waals surface area contributed by atoms with Crippen molar-refractivity contribution in [3.05, 3.63) is 88.2 Å². The highest BCUT2D eigenvalue weighted by Gasteiger charge is 2.53.